The van der Waals surface area contributed by atoms with Gasteiger partial charge in [-0.25, -0.2) is 4.98 Å². The number of thioether (sulfide) groups is 1. The molecule has 0 saturated heterocycles. The van der Waals surface area contributed by atoms with Gasteiger partial charge in [-0.05, 0) is 26.3 Å². The minimum atomic E-state index is -0.492. The summed E-state index contributed by atoms with van der Waals surface area (Å²) in [5.41, 5.74) is 1.53. The molecule has 7 nitrogen and oxygen atoms in total. The number of aryl methyl sites for hydroxylation is 3. The number of fused-ring (bicyclic) bond motifs is 1. The smallest absolute Gasteiger partial charge is 0.273 e. The predicted molar refractivity (Wildman–Crippen MR) is 108 cm³/mol. The van der Waals surface area contributed by atoms with Gasteiger partial charge in [-0.2, -0.15) is 0 Å². The summed E-state index contributed by atoms with van der Waals surface area (Å²) in [4.78, 5) is 44.1. The molecule has 0 radical (unpaired) electrons. The average Bonchev–Trinajstić information content (AvgIpc) is 2.89. The molecule has 1 N–H and O–H groups in total. The lowest BCUT2D eigenvalue weighted by atomic mass is 10.1. The summed E-state index contributed by atoms with van der Waals surface area (Å²) in [5.74, 6) is 0.835. The van der Waals surface area contributed by atoms with E-state index in [9.17, 15) is 19.7 Å². The van der Waals surface area contributed by atoms with E-state index in [0.29, 0.717) is 32.9 Å². The van der Waals surface area contributed by atoms with Crippen LogP contribution in [0.4, 0.5) is 5.69 Å². The molecule has 0 spiro atoms. The fraction of sp³-hybridized carbons (Fsp3) is 0.278. The van der Waals surface area contributed by atoms with Crippen LogP contribution < -0.4 is 5.56 Å². The number of carbonyl (C=O) groups excluding carboxylic acids is 1. The van der Waals surface area contributed by atoms with Crippen LogP contribution in [0.25, 0.3) is 10.2 Å². The third-order valence-electron chi connectivity index (χ3n) is 4.29. The van der Waals surface area contributed by atoms with Crippen LogP contribution in [0.2, 0.25) is 0 Å². The van der Waals surface area contributed by atoms with Crippen LogP contribution >= 0.6 is 23.1 Å². The lowest BCUT2D eigenvalue weighted by Crippen LogP contribution is -2.11. The SMILES string of the molecule is Cc1ccc(C(=O)CSCc2nc3sc(C)c(C)c3c(=O)[nH]2)cc1[N+](=O)[O-]. The number of rotatable bonds is 6. The summed E-state index contributed by atoms with van der Waals surface area (Å²) in [6.07, 6.45) is 0. The molecule has 9 heteroatoms. The molecule has 140 valence electrons. The number of H-pyrrole nitrogens is 1. The minimum absolute atomic E-state index is 0.0641. The van der Waals surface area contributed by atoms with E-state index in [1.54, 1.807) is 19.1 Å². The second-order valence-corrected chi connectivity index (χ2v) is 8.34. The maximum absolute atomic E-state index is 12.3. The number of nitrogens with zero attached hydrogens (tertiary/aromatic N) is 2. The van der Waals surface area contributed by atoms with E-state index in [1.165, 1.54) is 29.2 Å². The number of nitro groups is 1. The molecule has 2 aromatic heterocycles. The minimum Gasteiger partial charge on any atom is -0.309 e. The monoisotopic (exact) mass is 403 g/mol. The van der Waals surface area contributed by atoms with Gasteiger partial charge in [0, 0.05) is 22.1 Å². The highest BCUT2D eigenvalue weighted by Crippen LogP contribution is 2.26. The van der Waals surface area contributed by atoms with Crippen molar-refractivity contribution < 1.29 is 9.72 Å². The van der Waals surface area contributed by atoms with E-state index in [0.717, 1.165) is 10.4 Å². The fourth-order valence-electron chi connectivity index (χ4n) is 2.67. The highest BCUT2D eigenvalue weighted by atomic mass is 32.2. The molecule has 0 fully saturated rings. The average molecular weight is 403 g/mol. The van der Waals surface area contributed by atoms with Crippen LogP contribution in [-0.4, -0.2) is 26.4 Å². The first-order valence-electron chi connectivity index (χ1n) is 8.12. The summed E-state index contributed by atoms with van der Waals surface area (Å²) in [5, 5.41) is 11.6. The largest absolute Gasteiger partial charge is 0.309 e. The third kappa shape index (κ3) is 3.93. The summed E-state index contributed by atoms with van der Waals surface area (Å²) < 4.78 is 0. The Bertz CT molecular complexity index is 1120. The molecule has 0 aliphatic carbocycles. The third-order valence-corrected chi connectivity index (χ3v) is 6.33. The van der Waals surface area contributed by atoms with Crippen molar-refractivity contribution in [2.75, 3.05) is 5.75 Å². The lowest BCUT2D eigenvalue weighted by molar-refractivity contribution is -0.385. The van der Waals surface area contributed by atoms with Crippen LogP contribution in [0.1, 0.15) is 32.2 Å². The van der Waals surface area contributed by atoms with Gasteiger partial charge in [0.05, 0.1) is 21.8 Å². The van der Waals surface area contributed by atoms with E-state index in [1.807, 2.05) is 13.8 Å². The Morgan fingerprint density at radius 2 is 2.07 bits per heavy atom. The maximum atomic E-state index is 12.3. The van der Waals surface area contributed by atoms with Gasteiger partial charge < -0.3 is 4.98 Å². The van der Waals surface area contributed by atoms with Crippen molar-refractivity contribution in [3.05, 3.63) is 66.1 Å². The molecule has 0 aliphatic heterocycles. The first kappa shape index (κ1) is 19.2. The number of thiophene rings is 1. The summed E-state index contributed by atoms with van der Waals surface area (Å²) in [7, 11) is 0. The molecule has 0 saturated carbocycles. The van der Waals surface area contributed by atoms with Gasteiger partial charge in [-0.15, -0.1) is 23.1 Å². The van der Waals surface area contributed by atoms with Gasteiger partial charge in [0.15, 0.2) is 5.78 Å². The van der Waals surface area contributed by atoms with E-state index >= 15 is 0 Å². The number of nitro benzene ring substituents is 1. The Balaban J connectivity index is 1.70. The van der Waals surface area contributed by atoms with Crippen molar-refractivity contribution in [3.63, 3.8) is 0 Å². The molecule has 3 aromatic rings. The van der Waals surface area contributed by atoms with Crippen molar-refractivity contribution in [3.8, 4) is 0 Å². The van der Waals surface area contributed by atoms with Crippen LogP contribution in [0.3, 0.4) is 0 Å². The number of aromatic nitrogens is 2. The van der Waals surface area contributed by atoms with Crippen LogP contribution in [0.5, 0.6) is 0 Å². The molecular weight excluding hydrogens is 386 g/mol. The Morgan fingerprint density at radius 3 is 2.78 bits per heavy atom. The lowest BCUT2D eigenvalue weighted by Gasteiger charge is -2.04. The van der Waals surface area contributed by atoms with Crippen molar-refractivity contribution in [2.24, 2.45) is 0 Å². The molecule has 1 aromatic carbocycles. The zero-order valence-corrected chi connectivity index (χ0v) is 16.6. The van der Waals surface area contributed by atoms with Gasteiger partial charge in [0.1, 0.15) is 10.7 Å². The van der Waals surface area contributed by atoms with Crippen LogP contribution in [0.15, 0.2) is 23.0 Å². The molecule has 0 bridgehead atoms. The van der Waals surface area contributed by atoms with E-state index in [-0.39, 0.29) is 22.8 Å². The van der Waals surface area contributed by atoms with E-state index < -0.39 is 4.92 Å². The van der Waals surface area contributed by atoms with Gasteiger partial charge in [0.25, 0.3) is 11.2 Å². The molecule has 3 rings (SSSR count). The van der Waals surface area contributed by atoms with Gasteiger partial charge in [-0.3, -0.25) is 19.7 Å². The summed E-state index contributed by atoms with van der Waals surface area (Å²) in [6.45, 7) is 5.49. The number of benzene rings is 1. The van der Waals surface area contributed by atoms with Crippen molar-refractivity contribution in [1.82, 2.24) is 9.97 Å². The Kier molecular flexibility index (Phi) is 5.43. The first-order valence-corrected chi connectivity index (χ1v) is 10.1. The molecule has 0 aliphatic rings. The quantitative estimate of drug-likeness (QED) is 0.380. The number of Topliss-reactive ketones (excluding diaryl/α,β-unsaturated/α-hetero) is 1. The zero-order valence-electron chi connectivity index (χ0n) is 15.0. The van der Waals surface area contributed by atoms with Gasteiger partial charge >= 0.3 is 0 Å². The van der Waals surface area contributed by atoms with Gasteiger partial charge in [-0.1, -0.05) is 12.1 Å². The fourth-order valence-corrected chi connectivity index (χ4v) is 4.50. The zero-order chi connectivity index (χ0) is 19.7. The highest BCUT2D eigenvalue weighted by Gasteiger charge is 2.16. The Labute approximate surface area is 163 Å². The number of hydrogen-bond donors (Lipinski definition) is 1. The Hall–Kier alpha value is -2.52. The maximum Gasteiger partial charge on any atom is 0.273 e. The van der Waals surface area contributed by atoms with Crippen molar-refractivity contribution in [2.45, 2.75) is 26.5 Å². The van der Waals surface area contributed by atoms with E-state index in [2.05, 4.69) is 9.97 Å². The predicted octanol–water partition coefficient (Wildman–Crippen LogP) is 3.93. The van der Waals surface area contributed by atoms with Crippen LogP contribution in [-0.2, 0) is 5.75 Å². The van der Waals surface area contributed by atoms with Crippen molar-refractivity contribution >= 4 is 44.8 Å². The molecule has 2 heterocycles. The van der Waals surface area contributed by atoms with Crippen LogP contribution in [0, 0.1) is 30.9 Å². The molecule has 0 unspecified atom stereocenters. The topological polar surface area (TPSA) is 106 Å². The molecular formula is C18H17N3O4S2. The number of carbonyl (C=O) groups is 1. The number of ketones is 1. The van der Waals surface area contributed by atoms with Crippen molar-refractivity contribution in [1.29, 1.82) is 0 Å². The van der Waals surface area contributed by atoms with Gasteiger partial charge in [0.2, 0.25) is 0 Å². The normalized spacial score (nSPS) is 11.1. The number of aromatic amines is 1. The highest BCUT2D eigenvalue weighted by molar-refractivity contribution is 7.99. The molecule has 0 amide bonds. The summed E-state index contributed by atoms with van der Waals surface area (Å²) in [6, 6.07) is 4.47. The number of nitrogens with one attached hydrogen (secondary N) is 1. The standard InChI is InChI=1S/C18H17N3O4S2/c1-9-4-5-12(6-13(9)21(24)25)14(22)7-26-8-15-19-17(23)16-10(2)11(3)27-18(16)20-15/h4-6H,7-8H2,1-3H3,(H,19,20,23). The number of hydrogen-bond acceptors (Lipinski definition) is 7. The molecule has 27 heavy (non-hydrogen) atoms. The summed E-state index contributed by atoms with van der Waals surface area (Å²) >= 11 is 2.79. The second-order valence-electron chi connectivity index (χ2n) is 6.15. The Morgan fingerprint density at radius 1 is 1.33 bits per heavy atom. The molecule has 0 atom stereocenters. The second kappa shape index (κ2) is 7.61. The van der Waals surface area contributed by atoms with E-state index in [4.69, 9.17) is 0 Å². The first-order chi connectivity index (χ1) is 12.8.